The number of hydrogen-bond acceptors (Lipinski definition) is 3. The summed E-state index contributed by atoms with van der Waals surface area (Å²) < 4.78 is 11.1. The fraction of sp³-hybridized carbons (Fsp3) is 0.500. The predicted molar refractivity (Wildman–Crippen MR) is 72.5 cm³/mol. The van der Waals surface area contributed by atoms with Crippen molar-refractivity contribution in [2.24, 2.45) is 0 Å². The molecule has 0 spiro atoms. The van der Waals surface area contributed by atoms with Crippen LogP contribution in [0.1, 0.15) is 37.3 Å². The normalized spacial score (nSPS) is 13.7. The average Bonchev–Trinajstić information content (AvgIpc) is 2.36. The first-order valence-corrected chi connectivity index (χ1v) is 6.71. The zero-order valence-electron chi connectivity index (χ0n) is 11.0. The number of aliphatic carboxylic acids is 1. The highest BCUT2D eigenvalue weighted by molar-refractivity contribution is 6.33. The largest absolute Gasteiger partial charge is 0.486 e. The minimum atomic E-state index is -0.819. The van der Waals surface area contributed by atoms with Crippen molar-refractivity contribution in [3.05, 3.63) is 22.2 Å². The van der Waals surface area contributed by atoms with E-state index in [0.29, 0.717) is 36.2 Å². The Morgan fingerprint density at radius 2 is 2.11 bits per heavy atom. The lowest BCUT2D eigenvalue weighted by Gasteiger charge is -2.24. The first-order chi connectivity index (χ1) is 9.00. The number of benzene rings is 1. The molecule has 5 heteroatoms. The van der Waals surface area contributed by atoms with E-state index in [1.807, 2.05) is 19.9 Å². The van der Waals surface area contributed by atoms with Crippen LogP contribution in [-0.4, -0.2) is 24.3 Å². The Kier molecular flexibility index (Phi) is 4.20. The van der Waals surface area contributed by atoms with E-state index in [-0.39, 0.29) is 12.3 Å². The van der Waals surface area contributed by atoms with Gasteiger partial charge in [0.2, 0.25) is 0 Å². The van der Waals surface area contributed by atoms with Crippen molar-refractivity contribution in [3.8, 4) is 11.5 Å². The summed E-state index contributed by atoms with van der Waals surface area (Å²) in [6, 6.07) is 1.86. The molecule has 1 aliphatic heterocycles. The Bertz CT molecular complexity index is 497. The minimum Gasteiger partial charge on any atom is -0.486 e. The molecule has 0 amide bonds. The maximum atomic E-state index is 10.7. The summed E-state index contributed by atoms with van der Waals surface area (Å²) in [5.74, 6) is 0.574. The SMILES string of the molecule is CC(C)c1c(CCC(=O)O)cc2c(c1Cl)OCCO2. The van der Waals surface area contributed by atoms with Crippen molar-refractivity contribution >= 4 is 17.6 Å². The second-order valence-corrected chi connectivity index (χ2v) is 5.21. The van der Waals surface area contributed by atoms with E-state index in [0.717, 1.165) is 11.1 Å². The molecule has 0 aliphatic carbocycles. The van der Waals surface area contributed by atoms with Crippen LogP contribution in [0, 0.1) is 0 Å². The van der Waals surface area contributed by atoms with E-state index >= 15 is 0 Å². The molecule has 0 saturated heterocycles. The molecule has 19 heavy (non-hydrogen) atoms. The number of halogens is 1. The third-order valence-corrected chi connectivity index (χ3v) is 3.46. The third-order valence-electron chi connectivity index (χ3n) is 3.08. The standard InChI is InChI=1S/C14H17ClO4/c1-8(2)12-9(3-4-11(16)17)7-10-14(13(12)15)19-6-5-18-10/h7-8H,3-6H2,1-2H3,(H,16,17). The fourth-order valence-electron chi connectivity index (χ4n) is 2.28. The van der Waals surface area contributed by atoms with Crippen LogP contribution in [0.5, 0.6) is 11.5 Å². The van der Waals surface area contributed by atoms with Crippen LogP contribution in [0.15, 0.2) is 6.07 Å². The van der Waals surface area contributed by atoms with E-state index in [2.05, 4.69) is 0 Å². The molecular formula is C14H17ClO4. The molecule has 0 radical (unpaired) electrons. The van der Waals surface area contributed by atoms with Crippen LogP contribution in [0.25, 0.3) is 0 Å². The molecular weight excluding hydrogens is 268 g/mol. The van der Waals surface area contributed by atoms with Crippen LogP contribution < -0.4 is 9.47 Å². The first-order valence-electron chi connectivity index (χ1n) is 6.33. The van der Waals surface area contributed by atoms with Gasteiger partial charge in [-0.15, -0.1) is 0 Å². The van der Waals surface area contributed by atoms with Gasteiger partial charge in [0.05, 0.1) is 5.02 Å². The smallest absolute Gasteiger partial charge is 0.303 e. The van der Waals surface area contributed by atoms with Crippen molar-refractivity contribution in [3.63, 3.8) is 0 Å². The van der Waals surface area contributed by atoms with Gasteiger partial charge in [0, 0.05) is 6.42 Å². The molecule has 0 aromatic heterocycles. The molecule has 0 saturated carbocycles. The topological polar surface area (TPSA) is 55.8 Å². The Balaban J connectivity index is 2.45. The zero-order chi connectivity index (χ0) is 14.0. The fourth-order valence-corrected chi connectivity index (χ4v) is 2.77. The van der Waals surface area contributed by atoms with Gasteiger partial charge < -0.3 is 14.6 Å². The van der Waals surface area contributed by atoms with E-state index < -0.39 is 5.97 Å². The van der Waals surface area contributed by atoms with Crippen molar-refractivity contribution in [2.45, 2.75) is 32.6 Å². The highest BCUT2D eigenvalue weighted by Gasteiger charge is 2.23. The van der Waals surface area contributed by atoms with Crippen LogP contribution >= 0.6 is 11.6 Å². The monoisotopic (exact) mass is 284 g/mol. The average molecular weight is 285 g/mol. The number of hydrogen-bond donors (Lipinski definition) is 1. The second-order valence-electron chi connectivity index (χ2n) is 4.84. The van der Waals surface area contributed by atoms with E-state index in [1.165, 1.54) is 0 Å². The number of fused-ring (bicyclic) bond motifs is 1. The number of carboxylic acids is 1. The van der Waals surface area contributed by atoms with Crippen molar-refractivity contribution in [1.29, 1.82) is 0 Å². The van der Waals surface area contributed by atoms with Crippen LogP contribution in [0.4, 0.5) is 0 Å². The Labute approximate surface area is 117 Å². The first kappa shape index (κ1) is 14.0. The van der Waals surface area contributed by atoms with Crippen molar-refractivity contribution in [2.75, 3.05) is 13.2 Å². The number of carboxylic acid groups (broad SMARTS) is 1. The van der Waals surface area contributed by atoms with Gasteiger partial charge in [0.1, 0.15) is 13.2 Å². The minimum absolute atomic E-state index is 0.0791. The van der Waals surface area contributed by atoms with Crippen LogP contribution in [-0.2, 0) is 11.2 Å². The molecule has 0 bridgehead atoms. The van der Waals surface area contributed by atoms with Gasteiger partial charge in [-0.3, -0.25) is 4.79 Å². The molecule has 4 nitrogen and oxygen atoms in total. The Morgan fingerprint density at radius 1 is 1.42 bits per heavy atom. The highest BCUT2D eigenvalue weighted by atomic mass is 35.5. The lowest BCUT2D eigenvalue weighted by Crippen LogP contribution is -2.17. The number of rotatable bonds is 4. The van der Waals surface area contributed by atoms with Crippen LogP contribution in [0.3, 0.4) is 0 Å². The summed E-state index contributed by atoms with van der Waals surface area (Å²) >= 11 is 6.39. The molecule has 1 heterocycles. The third kappa shape index (κ3) is 2.95. The molecule has 104 valence electrons. The molecule has 1 aliphatic rings. The molecule has 1 aromatic rings. The predicted octanol–water partition coefficient (Wildman–Crippen LogP) is 3.25. The van der Waals surface area contributed by atoms with Crippen LogP contribution in [0.2, 0.25) is 5.02 Å². The summed E-state index contributed by atoms with van der Waals surface area (Å²) in [4.78, 5) is 10.7. The van der Waals surface area contributed by atoms with Crippen molar-refractivity contribution < 1.29 is 19.4 Å². The lowest BCUT2D eigenvalue weighted by molar-refractivity contribution is -0.136. The summed E-state index contributed by atoms with van der Waals surface area (Å²) in [5.41, 5.74) is 1.87. The molecule has 0 fully saturated rings. The van der Waals surface area contributed by atoms with Gasteiger partial charge >= 0.3 is 5.97 Å². The molecule has 1 N–H and O–H groups in total. The molecule has 0 atom stereocenters. The van der Waals surface area contributed by atoms with E-state index in [1.54, 1.807) is 0 Å². The Hall–Kier alpha value is -1.42. The highest BCUT2D eigenvalue weighted by Crippen LogP contribution is 2.44. The van der Waals surface area contributed by atoms with Gasteiger partial charge in [-0.25, -0.2) is 0 Å². The van der Waals surface area contributed by atoms with Crippen molar-refractivity contribution in [1.82, 2.24) is 0 Å². The van der Waals surface area contributed by atoms with Gasteiger partial charge in [-0.1, -0.05) is 25.4 Å². The maximum Gasteiger partial charge on any atom is 0.303 e. The quantitative estimate of drug-likeness (QED) is 0.922. The van der Waals surface area contributed by atoms with Gasteiger partial charge in [0.25, 0.3) is 0 Å². The van der Waals surface area contributed by atoms with Gasteiger partial charge in [-0.05, 0) is 29.5 Å². The number of carbonyl (C=O) groups is 1. The van der Waals surface area contributed by atoms with E-state index in [9.17, 15) is 4.79 Å². The zero-order valence-corrected chi connectivity index (χ0v) is 11.8. The summed E-state index contributed by atoms with van der Waals surface area (Å²) in [7, 11) is 0. The molecule has 2 rings (SSSR count). The number of aryl methyl sites for hydroxylation is 1. The summed E-state index contributed by atoms with van der Waals surface area (Å²) in [5, 5.41) is 9.37. The van der Waals surface area contributed by atoms with Gasteiger partial charge in [0.15, 0.2) is 11.5 Å². The summed E-state index contributed by atoms with van der Waals surface area (Å²) in [6.45, 7) is 5.03. The molecule has 1 aromatic carbocycles. The van der Waals surface area contributed by atoms with E-state index in [4.69, 9.17) is 26.2 Å². The maximum absolute atomic E-state index is 10.7. The second kappa shape index (κ2) is 5.70. The number of ether oxygens (including phenoxy) is 2. The molecule has 0 unspecified atom stereocenters. The lowest BCUT2D eigenvalue weighted by atomic mass is 9.93. The summed E-state index contributed by atoms with van der Waals surface area (Å²) in [6.07, 6.45) is 0.523. The van der Waals surface area contributed by atoms with Gasteiger partial charge in [-0.2, -0.15) is 0 Å². The Morgan fingerprint density at radius 3 is 2.74 bits per heavy atom.